The van der Waals surface area contributed by atoms with Crippen LogP contribution in [0, 0.1) is 5.41 Å². The van der Waals surface area contributed by atoms with E-state index >= 15 is 0 Å². The van der Waals surface area contributed by atoms with Crippen LogP contribution < -0.4 is 11.5 Å². The second-order valence-electron chi connectivity index (χ2n) is 6.15. The van der Waals surface area contributed by atoms with E-state index in [1.807, 2.05) is 0 Å². The van der Waals surface area contributed by atoms with Gasteiger partial charge in [-0.05, 0) is 41.8 Å². The fourth-order valence-corrected chi connectivity index (χ4v) is 3.63. The lowest BCUT2D eigenvalue weighted by molar-refractivity contribution is -0.177. The summed E-state index contributed by atoms with van der Waals surface area (Å²) in [6, 6.07) is 13.4. The largest absolute Gasteiger partial charge is 0.480 e. The van der Waals surface area contributed by atoms with Crippen LogP contribution in [0.1, 0.15) is 29.4 Å². The number of carboxylic acids is 2. The molecule has 6 nitrogen and oxygen atoms in total. The van der Waals surface area contributed by atoms with Gasteiger partial charge in [-0.15, -0.1) is 12.4 Å². The molecule has 2 atom stereocenters. The Hall–Kier alpha value is -2.73. The Bertz CT molecular complexity index is 722. The maximum atomic E-state index is 12.0. The summed E-state index contributed by atoms with van der Waals surface area (Å²) < 4.78 is 0. The molecule has 3 rings (SSSR count). The van der Waals surface area contributed by atoms with E-state index in [1.165, 1.54) is 0 Å². The van der Waals surface area contributed by atoms with Gasteiger partial charge in [0.05, 0.1) is 0 Å². The molecule has 0 spiro atoms. The van der Waals surface area contributed by atoms with Crippen LogP contribution in [0.2, 0.25) is 0 Å². The first-order chi connectivity index (χ1) is 11.4. The summed E-state index contributed by atoms with van der Waals surface area (Å²) in [7, 11) is 0. The molecule has 0 saturated heterocycles. The van der Waals surface area contributed by atoms with Crippen LogP contribution in [0.3, 0.4) is 0 Å². The second kappa shape index (κ2) is 6.64. The van der Waals surface area contributed by atoms with Crippen molar-refractivity contribution in [1.82, 2.24) is 0 Å². The molecule has 2 aromatic carbocycles. The van der Waals surface area contributed by atoms with Crippen molar-refractivity contribution in [2.45, 2.75) is 18.3 Å². The van der Waals surface area contributed by atoms with E-state index in [0.29, 0.717) is 28.9 Å². The first-order valence-corrected chi connectivity index (χ1v) is 7.55. The maximum absolute atomic E-state index is 12.0. The van der Waals surface area contributed by atoms with Gasteiger partial charge in [-0.25, -0.2) is 0 Å². The lowest BCUT2D eigenvalue weighted by atomic mass is 9.49. The topological polar surface area (TPSA) is 127 Å². The van der Waals surface area contributed by atoms with Crippen molar-refractivity contribution in [3.8, 4) is 0 Å². The highest BCUT2D eigenvalue weighted by Gasteiger charge is 2.66. The lowest BCUT2D eigenvalue weighted by Gasteiger charge is -2.50. The summed E-state index contributed by atoms with van der Waals surface area (Å²) in [6.07, 6.45) is 0.437. The summed E-state index contributed by atoms with van der Waals surface area (Å²) >= 11 is 0. The number of benzene rings is 2. The minimum Gasteiger partial charge on any atom is -0.480 e. The predicted octanol–water partition coefficient (Wildman–Crippen LogP) is 2.70. The monoisotopic (exact) mass is 362 g/mol. The smallest absolute Gasteiger partial charge is 0.322 e. The number of nitrogens with two attached hydrogens (primary N) is 2. The Morgan fingerprint density at radius 1 is 0.800 bits per heavy atom. The predicted molar refractivity (Wildman–Crippen MR) is 96.8 cm³/mol. The van der Waals surface area contributed by atoms with Crippen molar-refractivity contribution >= 4 is 35.7 Å². The highest BCUT2D eigenvalue weighted by atomic mass is 35.5. The zero-order valence-corrected chi connectivity index (χ0v) is 14.1. The number of nitrogen functional groups attached to an aromatic ring is 2. The van der Waals surface area contributed by atoms with Crippen molar-refractivity contribution in [2.75, 3.05) is 11.5 Å². The highest BCUT2D eigenvalue weighted by Crippen LogP contribution is 2.62. The Kier molecular flexibility index (Phi) is 4.94. The average Bonchev–Trinajstić information content (AvgIpc) is 2.49. The Labute approximate surface area is 150 Å². The third kappa shape index (κ3) is 2.78. The molecule has 0 bridgehead atoms. The van der Waals surface area contributed by atoms with Crippen LogP contribution in [-0.2, 0) is 9.59 Å². The van der Waals surface area contributed by atoms with Gasteiger partial charge in [-0.2, -0.15) is 0 Å². The molecule has 6 N–H and O–H groups in total. The number of rotatable bonds is 4. The summed E-state index contributed by atoms with van der Waals surface area (Å²) in [5, 5.41) is 19.6. The average molecular weight is 363 g/mol. The number of halogens is 1. The summed E-state index contributed by atoms with van der Waals surface area (Å²) in [4.78, 5) is 24.0. The third-order valence-corrected chi connectivity index (χ3v) is 4.96. The zero-order valence-electron chi connectivity index (χ0n) is 13.3. The molecule has 1 aliphatic rings. The third-order valence-electron chi connectivity index (χ3n) is 4.96. The van der Waals surface area contributed by atoms with Gasteiger partial charge in [0.2, 0.25) is 0 Å². The van der Waals surface area contributed by atoms with Gasteiger partial charge in [-0.1, -0.05) is 24.3 Å². The number of hydrogen-bond acceptors (Lipinski definition) is 4. The highest BCUT2D eigenvalue weighted by molar-refractivity contribution is 6.02. The molecular weight excluding hydrogens is 344 g/mol. The van der Waals surface area contributed by atoms with Gasteiger partial charge >= 0.3 is 11.9 Å². The molecule has 7 heteroatoms. The Morgan fingerprint density at radius 3 is 1.40 bits per heavy atom. The first kappa shape index (κ1) is 18.6. The molecular formula is C18H19ClN2O4. The van der Waals surface area contributed by atoms with Gasteiger partial charge < -0.3 is 21.7 Å². The van der Waals surface area contributed by atoms with Gasteiger partial charge in [0.25, 0.3) is 0 Å². The van der Waals surface area contributed by atoms with E-state index in [4.69, 9.17) is 11.5 Å². The van der Waals surface area contributed by atoms with Gasteiger partial charge in [0, 0.05) is 23.2 Å². The van der Waals surface area contributed by atoms with E-state index in [2.05, 4.69) is 0 Å². The summed E-state index contributed by atoms with van der Waals surface area (Å²) in [5.74, 6) is -3.89. The van der Waals surface area contributed by atoms with Crippen LogP contribution >= 0.6 is 12.4 Å². The van der Waals surface area contributed by atoms with Crippen LogP contribution in [0.15, 0.2) is 48.5 Å². The zero-order chi connectivity index (χ0) is 17.5. The number of hydrogen-bond donors (Lipinski definition) is 4. The minimum atomic E-state index is -1.90. The van der Waals surface area contributed by atoms with E-state index in [0.717, 1.165) is 0 Å². The number of carbonyl (C=O) groups is 2. The molecule has 0 radical (unpaired) electrons. The molecule has 2 unspecified atom stereocenters. The molecule has 25 heavy (non-hydrogen) atoms. The molecule has 1 aliphatic carbocycles. The van der Waals surface area contributed by atoms with E-state index in [9.17, 15) is 19.8 Å². The molecule has 132 valence electrons. The SMILES string of the molecule is Cl.Nc1ccc(C2CC(c3ccc(N)cc3)C2(C(=O)O)C(=O)O)cc1. The van der Waals surface area contributed by atoms with Crippen LogP contribution in [0.25, 0.3) is 0 Å². The van der Waals surface area contributed by atoms with E-state index < -0.39 is 29.2 Å². The lowest BCUT2D eigenvalue weighted by Crippen LogP contribution is -2.56. The fourth-order valence-electron chi connectivity index (χ4n) is 3.63. The molecule has 0 aliphatic heterocycles. The van der Waals surface area contributed by atoms with Gasteiger partial charge in [0.15, 0.2) is 5.41 Å². The molecule has 0 aromatic heterocycles. The normalized spacial score (nSPS) is 20.8. The van der Waals surface area contributed by atoms with Crippen molar-refractivity contribution in [3.05, 3.63) is 59.7 Å². The number of aliphatic carboxylic acids is 2. The molecule has 1 fully saturated rings. The summed E-state index contributed by atoms with van der Waals surface area (Å²) in [5.41, 5.74) is 11.9. The molecule has 0 amide bonds. The van der Waals surface area contributed by atoms with Crippen molar-refractivity contribution in [3.63, 3.8) is 0 Å². The minimum absolute atomic E-state index is 0. The maximum Gasteiger partial charge on any atom is 0.322 e. The fraction of sp³-hybridized carbons (Fsp3) is 0.222. The Balaban J connectivity index is 0.00000225. The van der Waals surface area contributed by atoms with Gasteiger partial charge in [0.1, 0.15) is 0 Å². The molecule has 2 aromatic rings. The quantitative estimate of drug-likeness (QED) is 0.489. The van der Waals surface area contributed by atoms with E-state index in [1.54, 1.807) is 48.5 Å². The van der Waals surface area contributed by atoms with Crippen LogP contribution in [-0.4, -0.2) is 22.2 Å². The summed E-state index contributed by atoms with van der Waals surface area (Å²) in [6.45, 7) is 0. The van der Waals surface area contributed by atoms with Crippen LogP contribution in [0.4, 0.5) is 11.4 Å². The molecule has 0 heterocycles. The van der Waals surface area contributed by atoms with Crippen molar-refractivity contribution in [2.24, 2.45) is 5.41 Å². The Morgan fingerprint density at radius 2 is 1.12 bits per heavy atom. The molecule has 1 saturated carbocycles. The van der Waals surface area contributed by atoms with E-state index in [-0.39, 0.29) is 12.4 Å². The second-order valence-corrected chi connectivity index (χ2v) is 6.15. The standard InChI is InChI=1S/C18H18N2O4.ClH/c19-12-5-1-10(2-6-12)14-9-15(11-3-7-13(20)8-4-11)18(14,16(21)22)17(23)24;/h1-8,14-15H,9,19-20H2,(H,21,22)(H,23,24);1H. The number of carboxylic acid groups (broad SMARTS) is 2. The van der Waals surface area contributed by atoms with Crippen molar-refractivity contribution < 1.29 is 19.8 Å². The number of anilines is 2. The first-order valence-electron chi connectivity index (χ1n) is 7.55. The van der Waals surface area contributed by atoms with Gasteiger partial charge in [-0.3, -0.25) is 9.59 Å². The van der Waals surface area contributed by atoms with Crippen LogP contribution in [0.5, 0.6) is 0 Å². The van der Waals surface area contributed by atoms with Crippen molar-refractivity contribution in [1.29, 1.82) is 0 Å².